The van der Waals surface area contributed by atoms with Crippen molar-refractivity contribution in [2.45, 2.75) is 39.0 Å². The minimum Gasteiger partial charge on any atom is -0.503 e. The minimum atomic E-state index is -5.04. The van der Waals surface area contributed by atoms with Crippen LogP contribution in [-0.2, 0) is 36.0 Å². The number of imide groups is 1. The summed E-state index contributed by atoms with van der Waals surface area (Å²) >= 11 is 0.934. The summed E-state index contributed by atoms with van der Waals surface area (Å²) in [5.41, 5.74) is 0.940. The number of rotatable bonds is 10. The molecule has 23 heteroatoms. The maximum absolute atomic E-state index is 12.9. The SMILES string of the molecule is CCn1c(-c2cc(=O)c(O)c[nH]2)nn(S(=O)(=O)NC(=O)N2C[C@H](NC(=O)/C(=N/OC(C)(C)C(=O)O)c3csc(N)n3)C2=O)c1=O. The largest absolute Gasteiger partial charge is 0.503 e. The molecule has 4 heterocycles. The number of urea groups is 1. The summed E-state index contributed by atoms with van der Waals surface area (Å²) in [6.07, 6.45) is 0.910. The molecule has 0 aliphatic carbocycles. The molecule has 1 fully saturated rings. The Morgan fingerprint density at radius 1 is 1.29 bits per heavy atom. The van der Waals surface area contributed by atoms with Gasteiger partial charge in [-0.2, -0.15) is 8.42 Å². The van der Waals surface area contributed by atoms with Gasteiger partial charge in [0.05, 0.1) is 12.2 Å². The van der Waals surface area contributed by atoms with Crippen molar-refractivity contribution < 1.29 is 42.6 Å². The lowest BCUT2D eigenvalue weighted by Crippen LogP contribution is -2.68. The highest BCUT2D eigenvalue weighted by atomic mass is 32.2. The summed E-state index contributed by atoms with van der Waals surface area (Å²) in [5.74, 6) is -4.44. The first-order valence-corrected chi connectivity index (χ1v) is 14.8. The van der Waals surface area contributed by atoms with Gasteiger partial charge in [-0.25, -0.2) is 24.1 Å². The van der Waals surface area contributed by atoms with Gasteiger partial charge in [-0.05, 0) is 20.8 Å². The number of H-pyrrole nitrogens is 1. The molecule has 45 heavy (non-hydrogen) atoms. The summed E-state index contributed by atoms with van der Waals surface area (Å²) in [6, 6.07) is -1.94. The lowest BCUT2D eigenvalue weighted by Gasteiger charge is -2.36. The number of carbonyl (C=O) groups excluding carboxylic acids is 3. The van der Waals surface area contributed by atoms with Crippen molar-refractivity contribution in [3.8, 4) is 17.3 Å². The van der Waals surface area contributed by atoms with Crippen LogP contribution in [0.2, 0.25) is 0 Å². The molecule has 0 aromatic carbocycles. The summed E-state index contributed by atoms with van der Waals surface area (Å²) in [4.78, 5) is 86.0. The number of likely N-dealkylation sites (tertiary alicyclic amines) is 1. The van der Waals surface area contributed by atoms with Gasteiger partial charge in [0.1, 0.15) is 11.7 Å². The van der Waals surface area contributed by atoms with Gasteiger partial charge in [-0.15, -0.1) is 16.4 Å². The standard InChI is InChI=1S/C22H24N10O11S2/c1-4-30-15(9-5-12(33)13(34)6-24-9)27-32(21(30)40)45(41,42)29-20(39)31-7-10(17(31)36)25-16(35)14(11-8-44-19(23)26-11)28-43-22(2,3)18(37)38/h5-6,8,10,34H,4,7H2,1-3H3,(H2,23,26)(H,24,33)(H,25,35)(H,29,39)(H,37,38)/b28-14+/t10-/m0/s1. The number of carbonyl (C=O) groups is 4. The molecule has 1 aliphatic heterocycles. The van der Waals surface area contributed by atoms with Crippen molar-refractivity contribution in [1.29, 1.82) is 0 Å². The van der Waals surface area contributed by atoms with Gasteiger partial charge in [0.15, 0.2) is 22.4 Å². The van der Waals surface area contributed by atoms with Crippen LogP contribution in [-0.4, -0.2) is 95.0 Å². The van der Waals surface area contributed by atoms with E-state index in [2.05, 4.69) is 25.5 Å². The van der Waals surface area contributed by atoms with Crippen LogP contribution in [0.15, 0.2) is 32.4 Å². The second-order valence-corrected chi connectivity index (χ2v) is 12.0. The van der Waals surface area contributed by atoms with Gasteiger partial charge in [-0.1, -0.05) is 9.24 Å². The van der Waals surface area contributed by atoms with E-state index in [0.717, 1.165) is 28.2 Å². The van der Waals surface area contributed by atoms with Crippen LogP contribution in [0.4, 0.5) is 9.93 Å². The van der Waals surface area contributed by atoms with Crippen molar-refractivity contribution in [1.82, 2.24) is 38.7 Å². The number of aromatic amines is 1. The smallest absolute Gasteiger partial charge is 0.362 e. The quantitative estimate of drug-likeness (QED) is 0.0744. The third-order valence-corrected chi connectivity index (χ3v) is 7.87. The molecule has 0 spiro atoms. The molecule has 0 radical (unpaired) electrons. The van der Waals surface area contributed by atoms with Gasteiger partial charge >= 0.3 is 27.9 Å². The van der Waals surface area contributed by atoms with E-state index in [0.29, 0.717) is 4.90 Å². The van der Waals surface area contributed by atoms with Gasteiger partial charge < -0.3 is 31.1 Å². The number of oxime groups is 1. The molecular weight excluding hydrogens is 644 g/mol. The third kappa shape index (κ3) is 6.37. The van der Waals surface area contributed by atoms with E-state index in [1.54, 1.807) is 0 Å². The molecule has 0 saturated carbocycles. The van der Waals surface area contributed by atoms with Gasteiger partial charge in [0.25, 0.3) is 11.8 Å². The van der Waals surface area contributed by atoms with Crippen LogP contribution in [0.1, 0.15) is 26.5 Å². The number of aromatic hydroxyl groups is 1. The summed E-state index contributed by atoms with van der Waals surface area (Å²) < 4.78 is 28.2. The summed E-state index contributed by atoms with van der Waals surface area (Å²) in [6.45, 7) is 3.19. The second-order valence-electron chi connectivity index (χ2n) is 9.59. The zero-order valence-electron chi connectivity index (χ0n) is 23.4. The third-order valence-electron chi connectivity index (χ3n) is 6.07. The number of aliphatic carboxylic acids is 1. The normalized spacial score (nSPS) is 15.4. The molecule has 4 rings (SSSR count). The van der Waals surface area contributed by atoms with Gasteiger partial charge in [0, 0.05) is 24.2 Å². The molecular formula is C22H24N10O11S2. The Balaban J connectivity index is 1.48. The molecule has 1 aliphatic rings. The number of nitrogen functional groups attached to an aromatic ring is 1. The van der Waals surface area contributed by atoms with Crippen LogP contribution in [0.5, 0.6) is 5.75 Å². The lowest BCUT2D eigenvalue weighted by molar-refractivity contribution is -0.161. The Morgan fingerprint density at radius 2 is 1.98 bits per heavy atom. The van der Waals surface area contributed by atoms with E-state index in [9.17, 15) is 47.4 Å². The molecule has 0 unspecified atom stereocenters. The van der Waals surface area contributed by atoms with Crippen molar-refractivity contribution in [3.05, 3.63) is 44.0 Å². The molecule has 0 bridgehead atoms. The van der Waals surface area contributed by atoms with Gasteiger partial charge in [0.2, 0.25) is 11.0 Å². The number of hydrogen-bond acceptors (Lipinski definition) is 15. The molecule has 1 atom stereocenters. The molecule has 21 nitrogen and oxygen atoms in total. The number of amides is 4. The van der Waals surface area contributed by atoms with Crippen LogP contribution < -0.4 is 26.9 Å². The van der Waals surface area contributed by atoms with Crippen molar-refractivity contribution in [2.24, 2.45) is 5.16 Å². The summed E-state index contributed by atoms with van der Waals surface area (Å²) in [5, 5.41) is 29.6. The Bertz CT molecular complexity index is 1970. The van der Waals surface area contributed by atoms with Crippen molar-refractivity contribution >= 4 is 56.2 Å². The number of hydrogen-bond donors (Lipinski definition) is 6. The molecule has 4 amide bonds. The number of β-lactam (4-membered cyclic amide) rings is 1. The van der Waals surface area contributed by atoms with E-state index in [4.69, 9.17) is 10.6 Å². The average Bonchev–Trinajstić information content (AvgIpc) is 3.54. The van der Waals surface area contributed by atoms with Crippen LogP contribution in [0.3, 0.4) is 0 Å². The number of anilines is 1. The molecule has 3 aromatic rings. The topological polar surface area (TPSA) is 303 Å². The number of aromatic nitrogens is 5. The maximum Gasteiger partial charge on any atom is 0.362 e. The maximum atomic E-state index is 12.9. The highest BCUT2D eigenvalue weighted by molar-refractivity contribution is 7.88. The van der Waals surface area contributed by atoms with E-state index >= 15 is 0 Å². The van der Waals surface area contributed by atoms with E-state index in [1.165, 1.54) is 30.9 Å². The fourth-order valence-electron chi connectivity index (χ4n) is 3.56. The fourth-order valence-corrected chi connectivity index (χ4v) is 5.02. The number of nitrogens with zero attached hydrogens (tertiary/aromatic N) is 6. The predicted octanol–water partition coefficient (Wildman–Crippen LogP) is -2.42. The molecule has 3 aromatic heterocycles. The first-order chi connectivity index (χ1) is 21.0. The van der Waals surface area contributed by atoms with E-state index in [-0.39, 0.29) is 33.0 Å². The Morgan fingerprint density at radius 3 is 2.53 bits per heavy atom. The Kier molecular flexibility index (Phi) is 8.50. The monoisotopic (exact) mass is 668 g/mol. The van der Waals surface area contributed by atoms with Gasteiger partial charge in [-0.3, -0.25) is 23.9 Å². The van der Waals surface area contributed by atoms with E-state index in [1.807, 2.05) is 0 Å². The number of carboxylic acid groups (broad SMARTS) is 1. The minimum absolute atomic E-state index is 0.0399. The first kappa shape index (κ1) is 32.3. The summed E-state index contributed by atoms with van der Waals surface area (Å²) in [7, 11) is -5.04. The Hall–Kier alpha value is -5.58. The van der Waals surface area contributed by atoms with Crippen LogP contribution in [0, 0.1) is 0 Å². The fraction of sp³-hybridized carbons (Fsp3) is 0.318. The van der Waals surface area contributed by atoms with Crippen LogP contribution >= 0.6 is 11.3 Å². The lowest BCUT2D eigenvalue weighted by atomic mass is 10.1. The second kappa shape index (κ2) is 11.8. The zero-order valence-corrected chi connectivity index (χ0v) is 25.0. The first-order valence-electron chi connectivity index (χ1n) is 12.5. The number of thiazole rings is 1. The number of carboxylic acids is 1. The average molecular weight is 669 g/mol. The molecule has 1 saturated heterocycles. The number of nitrogens with two attached hydrogens (primary N) is 1. The predicted molar refractivity (Wildman–Crippen MR) is 152 cm³/mol. The zero-order chi connectivity index (χ0) is 33.4. The van der Waals surface area contributed by atoms with Crippen LogP contribution in [0.25, 0.3) is 11.5 Å². The molecule has 240 valence electrons. The highest BCUT2D eigenvalue weighted by Crippen LogP contribution is 2.17. The van der Waals surface area contributed by atoms with Crippen molar-refractivity contribution in [3.63, 3.8) is 0 Å². The Labute approximate surface area is 255 Å². The highest BCUT2D eigenvalue weighted by Gasteiger charge is 2.44. The number of nitrogens with one attached hydrogen (secondary N) is 3. The van der Waals surface area contributed by atoms with Crippen molar-refractivity contribution in [2.75, 3.05) is 12.3 Å². The number of pyridine rings is 1. The molecule has 7 N–H and O–H groups in total. The van der Waals surface area contributed by atoms with E-state index < -0.39 is 74.8 Å².